The van der Waals surface area contributed by atoms with Gasteiger partial charge in [-0.1, -0.05) is 31.0 Å². The number of rotatable bonds is 4. The molecule has 17 heavy (non-hydrogen) atoms. The standard InChI is InChI=1S/C14H16N2O/c17-14(8-11-6-7-11)12-9-15-16(10-12)13-4-2-1-3-5-13/h1-5,9-11,14,17H,6-8H2. The summed E-state index contributed by atoms with van der Waals surface area (Å²) in [6.07, 6.45) is 6.73. The van der Waals surface area contributed by atoms with Gasteiger partial charge in [-0.05, 0) is 24.5 Å². The summed E-state index contributed by atoms with van der Waals surface area (Å²) < 4.78 is 1.81. The maximum atomic E-state index is 10.0. The van der Waals surface area contributed by atoms with E-state index >= 15 is 0 Å². The number of aliphatic hydroxyl groups excluding tert-OH is 1. The molecule has 0 saturated heterocycles. The van der Waals surface area contributed by atoms with Crippen LogP contribution < -0.4 is 0 Å². The molecule has 3 rings (SSSR count). The van der Waals surface area contributed by atoms with Crippen molar-refractivity contribution < 1.29 is 5.11 Å². The number of aromatic nitrogens is 2. The van der Waals surface area contributed by atoms with Gasteiger partial charge in [0.1, 0.15) is 0 Å². The van der Waals surface area contributed by atoms with E-state index in [1.807, 2.05) is 41.2 Å². The monoisotopic (exact) mass is 228 g/mol. The third-order valence-corrected chi connectivity index (χ3v) is 3.26. The second-order valence-electron chi connectivity index (χ2n) is 4.75. The van der Waals surface area contributed by atoms with Crippen molar-refractivity contribution in [2.45, 2.75) is 25.4 Å². The molecule has 3 nitrogen and oxygen atoms in total. The first kappa shape index (κ1) is 10.5. The molecule has 0 amide bonds. The first-order valence-corrected chi connectivity index (χ1v) is 6.11. The van der Waals surface area contributed by atoms with Crippen molar-refractivity contribution in [3.05, 3.63) is 48.3 Å². The Labute approximate surface area is 101 Å². The minimum atomic E-state index is -0.361. The zero-order valence-corrected chi connectivity index (χ0v) is 9.66. The molecular formula is C14H16N2O. The van der Waals surface area contributed by atoms with E-state index in [2.05, 4.69) is 5.10 Å². The molecule has 1 atom stereocenters. The van der Waals surface area contributed by atoms with Crippen LogP contribution in [-0.2, 0) is 0 Å². The van der Waals surface area contributed by atoms with Gasteiger partial charge < -0.3 is 5.11 Å². The van der Waals surface area contributed by atoms with Crippen LogP contribution in [0, 0.1) is 5.92 Å². The summed E-state index contributed by atoms with van der Waals surface area (Å²) in [5, 5.41) is 14.3. The van der Waals surface area contributed by atoms with E-state index in [1.165, 1.54) is 12.8 Å². The van der Waals surface area contributed by atoms with Crippen molar-refractivity contribution in [3.8, 4) is 5.69 Å². The van der Waals surface area contributed by atoms with Gasteiger partial charge in [-0.15, -0.1) is 0 Å². The zero-order chi connectivity index (χ0) is 11.7. The second kappa shape index (κ2) is 4.34. The second-order valence-corrected chi connectivity index (χ2v) is 4.75. The van der Waals surface area contributed by atoms with Crippen LogP contribution in [0.3, 0.4) is 0 Å². The van der Waals surface area contributed by atoms with Crippen LogP contribution in [-0.4, -0.2) is 14.9 Å². The van der Waals surface area contributed by atoms with Crippen molar-refractivity contribution in [2.75, 3.05) is 0 Å². The Hall–Kier alpha value is -1.61. The lowest BCUT2D eigenvalue weighted by Crippen LogP contribution is -1.97. The Bertz CT molecular complexity index is 488. The molecule has 2 aromatic rings. The fourth-order valence-corrected chi connectivity index (χ4v) is 2.04. The maximum absolute atomic E-state index is 10.0. The summed E-state index contributed by atoms with van der Waals surface area (Å²) >= 11 is 0. The topological polar surface area (TPSA) is 38.1 Å². The Morgan fingerprint density at radius 1 is 1.29 bits per heavy atom. The average molecular weight is 228 g/mol. The highest BCUT2D eigenvalue weighted by molar-refractivity contribution is 5.31. The Morgan fingerprint density at radius 2 is 2.06 bits per heavy atom. The van der Waals surface area contributed by atoms with Gasteiger partial charge in [0.25, 0.3) is 0 Å². The molecule has 0 aliphatic heterocycles. The molecule has 1 N–H and O–H groups in total. The summed E-state index contributed by atoms with van der Waals surface area (Å²) in [4.78, 5) is 0. The number of nitrogens with zero attached hydrogens (tertiary/aromatic N) is 2. The van der Waals surface area contributed by atoms with E-state index in [0.29, 0.717) is 0 Å². The number of hydrogen-bond donors (Lipinski definition) is 1. The van der Waals surface area contributed by atoms with Gasteiger partial charge in [-0.25, -0.2) is 4.68 Å². The number of para-hydroxylation sites is 1. The molecule has 1 aromatic carbocycles. The first-order chi connectivity index (χ1) is 8.33. The van der Waals surface area contributed by atoms with E-state index in [1.54, 1.807) is 6.20 Å². The Kier molecular flexibility index (Phi) is 2.69. The normalized spacial score (nSPS) is 17.0. The van der Waals surface area contributed by atoms with E-state index < -0.39 is 0 Å². The highest BCUT2D eigenvalue weighted by Gasteiger charge is 2.25. The van der Waals surface area contributed by atoms with Crippen LogP contribution in [0.2, 0.25) is 0 Å². The minimum Gasteiger partial charge on any atom is -0.388 e. The molecule has 1 saturated carbocycles. The molecule has 1 aliphatic rings. The van der Waals surface area contributed by atoms with Gasteiger partial charge in [0.2, 0.25) is 0 Å². The molecule has 1 heterocycles. The molecule has 88 valence electrons. The highest BCUT2D eigenvalue weighted by Crippen LogP contribution is 2.37. The smallest absolute Gasteiger partial charge is 0.0823 e. The summed E-state index contributed by atoms with van der Waals surface area (Å²) in [6.45, 7) is 0. The Morgan fingerprint density at radius 3 is 2.76 bits per heavy atom. The molecule has 0 bridgehead atoms. The van der Waals surface area contributed by atoms with E-state index in [0.717, 1.165) is 23.6 Å². The van der Waals surface area contributed by atoms with Crippen molar-refractivity contribution in [3.63, 3.8) is 0 Å². The quantitative estimate of drug-likeness (QED) is 0.873. The van der Waals surface area contributed by atoms with E-state index in [4.69, 9.17) is 0 Å². The summed E-state index contributed by atoms with van der Waals surface area (Å²) in [5.74, 6) is 0.727. The number of benzene rings is 1. The van der Waals surface area contributed by atoms with Crippen molar-refractivity contribution in [1.29, 1.82) is 0 Å². The van der Waals surface area contributed by atoms with Crippen molar-refractivity contribution in [2.24, 2.45) is 5.92 Å². The minimum absolute atomic E-state index is 0.361. The van der Waals surface area contributed by atoms with Crippen LogP contribution in [0.5, 0.6) is 0 Å². The average Bonchev–Trinajstić information content (AvgIpc) is 3.04. The molecule has 0 radical (unpaired) electrons. The maximum Gasteiger partial charge on any atom is 0.0823 e. The largest absolute Gasteiger partial charge is 0.388 e. The van der Waals surface area contributed by atoms with Crippen LogP contribution >= 0.6 is 0 Å². The molecule has 1 aliphatic carbocycles. The summed E-state index contributed by atoms with van der Waals surface area (Å²) in [7, 11) is 0. The van der Waals surface area contributed by atoms with Crippen LogP contribution in [0.25, 0.3) is 5.69 Å². The molecule has 3 heteroatoms. The van der Waals surface area contributed by atoms with Gasteiger partial charge in [0.05, 0.1) is 18.0 Å². The fourth-order valence-electron chi connectivity index (χ4n) is 2.04. The number of hydrogen-bond acceptors (Lipinski definition) is 2. The predicted octanol–water partition coefficient (Wildman–Crippen LogP) is 2.71. The summed E-state index contributed by atoms with van der Waals surface area (Å²) in [6, 6.07) is 9.96. The van der Waals surface area contributed by atoms with Gasteiger partial charge in [-0.3, -0.25) is 0 Å². The van der Waals surface area contributed by atoms with Crippen LogP contribution in [0.1, 0.15) is 30.9 Å². The number of aliphatic hydroxyl groups is 1. The van der Waals surface area contributed by atoms with Crippen molar-refractivity contribution >= 4 is 0 Å². The SMILES string of the molecule is OC(CC1CC1)c1cnn(-c2ccccc2)c1. The molecular weight excluding hydrogens is 212 g/mol. The van der Waals surface area contributed by atoms with Crippen LogP contribution in [0.4, 0.5) is 0 Å². The fraction of sp³-hybridized carbons (Fsp3) is 0.357. The molecule has 1 fully saturated rings. The van der Waals surface area contributed by atoms with Gasteiger partial charge >= 0.3 is 0 Å². The molecule has 1 aromatic heterocycles. The highest BCUT2D eigenvalue weighted by atomic mass is 16.3. The predicted molar refractivity (Wildman–Crippen MR) is 65.9 cm³/mol. The molecule has 1 unspecified atom stereocenters. The van der Waals surface area contributed by atoms with Gasteiger partial charge in [0, 0.05) is 11.8 Å². The molecule has 0 spiro atoms. The van der Waals surface area contributed by atoms with Gasteiger partial charge in [0.15, 0.2) is 0 Å². The Balaban J connectivity index is 1.77. The lowest BCUT2D eigenvalue weighted by molar-refractivity contribution is 0.160. The van der Waals surface area contributed by atoms with E-state index in [9.17, 15) is 5.11 Å². The first-order valence-electron chi connectivity index (χ1n) is 6.11. The summed E-state index contributed by atoms with van der Waals surface area (Å²) in [5.41, 5.74) is 1.94. The van der Waals surface area contributed by atoms with Crippen LogP contribution in [0.15, 0.2) is 42.7 Å². The van der Waals surface area contributed by atoms with E-state index in [-0.39, 0.29) is 6.10 Å². The lowest BCUT2D eigenvalue weighted by Gasteiger charge is -2.06. The lowest BCUT2D eigenvalue weighted by atomic mass is 10.1. The van der Waals surface area contributed by atoms with Gasteiger partial charge in [-0.2, -0.15) is 5.10 Å². The third kappa shape index (κ3) is 2.39. The third-order valence-electron chi connectivity index (χ3n) is 3.26. The van der Waals surface area contributed by atoms with Crippen molar-refractivity contribution in [1.82, 2.24) is 9.78 Å². The zero-order valence-electron chi connectivity index (χ0n) is 9.66.